The molecule has 3 rings (SSSR count). The minimum absolute atomic E-state index is 0.134. The number of rotatable bonds is 6. The molecular weight excluding hydrogens is 361 g/mol. The summed E-state index contributed by atoms with van der Waals surface area (Å²) in [6, 6.07) is 4.47. The number of aromatic nitrogens is 1. The summed E-state index contributed by atoms with van der Waals surface area (Å²) < 4.78 is 18.6. The van der Waals surface area contributed by atoms with Crippen LogP contribution in [0.15, 0.2) is 24.4 Å². The lowest BCUT2D eigenvalue weighted by molar-refractivity contribution is -0.122. The molecule has 1 fully saturated rings. The summed E-state index contributed by atoms with van der Waals surface area (Å²) in [7, 11) is 0. The van der Waals surface area contributed by atoms with Gasteiger partial charge in [-0.15, -0.1) is 0 Å². The number of halogens is 1. The first-order valence-electron chi connectivity index (χ1n) is 9.59. The smallest absolute Gasteiger partial charge is 0.407 e. The summed E-state index contributed by atoms with van der Waals surface area (Å²) in [5.41, 5.74) is 0.370. The fourth-order valence-corrected chi connectivity index (χ4v) is 3.42. The predicted molar refractivity (Wildman–Crippen MR) is 105 cm³/mol. The van der Waals surface area contributed by atoms with Crippen molar-refractivity contribution in [3.63, 3.8) is 0 Å². The van der Waals surface area contributed by atoms with E-state index in [-0.39, 0.29) is 18.1 Å². The Labute approximate surface area is 164 Å². The van der Waals surface area contributed by atoms with E-state index < -0.39 is 17.2 Å². The van der Waals surface area contributed by atoms with Crippen molar-refractivity contribution >= 4 is 22.9 Å². The van der Waals surface area contributed by atoms with E-state index in [0.29, 0.717) is 18.0 Å². The van der Waals surface area contributed by atoms with E-state index >= 15 is 0 Å². The van der Waals surface area contributed by atoms with Crippen LogP contribution in [0, 0.1) is 11.7 Å². The molecular formula is C21H28FN3O3. The van der Waals surface area contributed by atoms with Gasteiger partial charge in [-0.2, -0.15) is 0 Å². The van der Waals surface area contributed by atoms with Crippen molar-refractivity contribution in [1.29, 1.82) is 0 Å². The van der Waals surface area contributed by atoms with Crippen LogP contribution in [0.3, 0.4) is 0 Å². The Balaban J connectivity index is 1.63. The lowest BCUT2D eigenvalue weighted by Crippen LogP contribution is -2.56. The van der Waals surface area contributed by atoms with Crippen LogP contribution < -0.4 is 10.6 Å². The Kier molecular flexibility index (Phi) is 5.37. The van der Waals surface area contributed by atoms with E-state index in [0.717, 1.165) is 23.8 Å². The molecule has 28 heavy (non-hydrogen) atoms. The Morgan fingerprint density at radius 3 is 2.61 bits per heavy atom. The molecule has 1 atom stereocenters. The quantitative estimate of drug-likeness (QED) is 0.705. The molecule has 3 N–H and O–H groups in total. The molecule has 152 valence electrons. The predicted octanol–water partition coefficient (Wildman–Crippen LogP) is 3.66. The number of carbonyl (C=O) groups excluding carboxylic acids is 2. The molecule has 0 bridgehead atoms. The molecule has 1 aromatic carbocycles. The summed E-state index contributed by atoms with van der Waals surface area (Å²) in [5, 5.41) is 6.70. The maximum atomic E-state index is 13.3. The molecule has 0 saturated heterocycles. The van der Waals surface area contributed by atoms with Crippen molar-refractivity contribution in [2.45, 2.75) is 58.1 Å². The van der Waals surface area contributed by atoms with Gasteiger partial charge in [0.1, 0.15) is 11.4 Å². The van der Waals surface area contributed by atoms with Gasteiger partial charge in [0.2, 0.25) is 5.91 Å². The number of hydrogen-bond donors (Lipinski definition) is 3. The van der Waals surface area contributed by atoms with Gasteiger partial charge in [0.25, 0.3) is 0 Å². The average molecular weight is 389 g/mol. The second-order valence-corrected chi connectivity index (χ2v) is 8.78. The number of fused-ring (bicyclic) bond motifs is 1. The van der Waals surface area contributed by atoms with Crippen molar-refractivity contribution in [1.82, 2.24) is 15.6 Å². The zero-order chi connectivity index (χ0) is 20.5. The number of carbonyl (C=O) groups is 2. The van der Waals surface area contributed by atoms with Crippen LogP contribution in [0.25, 0.3) is 10.9 Å². The third-order valence-corrected chi connectivity index (χ3v) is 4.98. The summed E-state index contributed by atoms with van der Waals surface area (Å²) in [6.45, 7) is 7.67. The van der Waals surface area contributed by atoms with Crippen molar-refractivity contribution in [3.8, 4) is 0 Å². The second-order valence-electron chi connectivity index (χ2n) is 8.78. The Morgan fingerprint density at radius 1 is 1.25 bits per heavy atom. The van der Waals surface area contributed by atoms with E-state index in [1.807, 2.05) is 27.7 Å². The summed E-state index contributed by atoms with van der Waals surface area (Å²) in [4.78, 5) is 27.7. The largest absolute Gasteiger partial charge is 0.444 e. The Morgan fingerprint density at radius 2 is 1.96 bits per heavy atom. The zero-order valence-corrected chi connectivity index (χ0v) is 16.8. The van der Waals surface area contributed by atoms with Gasteiger partial charge in [-0.25, -0.2) is 9.18 Å². The molecule has 2 amide bonds. The first kappa shape index (κ1) is 20.2. The van der Waals surface area contributed by atoms with Crippen molar-refractivity contribution in [3.05, 3.63) is 35.8 Å². The van der Waals surface area contributed by atoms with Crippen LogP contribution in [0.2, 0.25) is 0 Å². The van der Waals surface area contributed by atoms with Gasteiger partial charge in [-0.1, -0.05) is 0 Å². The number of ether oxygens (including phenoxy) is 1. The molecule has 6 nitrogen and oxygen atoms in total. The Bertz CT molecular complexity index is 883. The van der Waals surface area contributed by atoms with Crippen molar-refractivity contribution in [2.24, 2.45) is 5.92 Å². The van der Waals surface area contributed by atoms with Crippen LogP contribution in [0.1, 0.15) is 46.1 Å². The number of alkyl carbamates (subject to hydrolysis) is 1. The molecule has 1 aromatic heterocycles. The fourth-order valence-electron chi connectivity index (χ4n) is 3.42. The highest BCUT2D eigenvalue weighted by Gasteiger charge is 2.43. The number of aromatic amines is 1. The van der Waals surface area contributed by atoms with Crippen molar-refractivity contribution in [2.75, 3.05) is 6.54 Å². The normalized spacial score (nSPS) is 16.5. The number of amides is 2. The van der Waals surface area contributed by atoms with Gasteiger partial charge in [0.15, 0.2) is 0 Å². The molecule has 0 aliphatic heterocycles. The minimum Gasteiger partial charge on any atom is -0.444 e. The highest BCUT2D eigenvalue weighted by Crippen LogP contribution is 2.39. The summed E-state index contributed by atoms with van der Waals surface area (Å²) >= 11 is 0. The van der Waals surface area contributed by atoms with Crippen LogP contribution >= 0.6 is 0 Å². The van der Waals surface area contributed by atoms with Crippen molar-refractivity contribution < 1.29 is 18.7 Å². The molecule has 7 heteroatoms. The van der Waals surface area contributed by atoms with Crippen LogP contribution in [-0.2, 0) is 16.0 Å². The molecule has 2 aromatic rings. The lowest BCUT2D eigenvalue weighted by atomic mass is 9.95. The topological polar surface area (TPSA) is 83.2 Å². The van der Waals surface area contributed by atoms with E-state index in [4.69, 9.17) is 4.74 Å². The minimum atomic E-state index is -0.571. The van der Waals surface area contributed by atoms with Crippen LogP contribution in [0.5, 0.6) is 0 Å². The highest BCUT2D eigenvalue weighted by atomic mass is 19.1. The molecule has 1 saturated carbocycles. The number of nitrogens with one attached hydrogen (secondary N) is 3. The van der Waals surface area contributed by atoms with Gasteiger partial charge in [-0.05, 0) is 70.2 Å². The fraction of sp³-hybridized carbons (Fsp3) is 0.524. The van der Waals surface area contributed by atoms with Crippen LogP contribution in [0.4, 0.5) is 9.18 Å². The first-order valence-corrected chi connectivity index (χ1v) is 9.59. The number of hydrogen-bond acceptors (Lipinski definition) is 3. The van der Waals surface area contributed by atoms with Gasteiger partial charge in [0.05, 0.1) is 12.0 Å². The zero-order valence-electron chi connectivity index (χ0n) is 16.8. The second kappa shape index (κ2) is 7.45. The lowest BCUT2D eigenvalue weighted by Gasteiger charge is -2.32. The summed E-state index contributed by atoms with van der Waals surface area (Å²) in [6.07, 6.45) is 3.45. The molecule has 1 unspecified atom stereocenters. The van der Waals surface area contributed by atoms with Gasteiger partial charge in [-0.3, -0.25) is 4.79 Å². The third-order valence-electron chi connectivity index (χ3n) is 4.98. The average Bonchev–Trinajstić information content (AvgIpc) is 3.36. The molecule has 0 spiro atoms. The molecule has 1 aliphatic carbocycles. The summed E-state index contributed by atoms with van der Waals surface area (Å²) in [5.74, 6) is -0.131. The molecule has 1 heterocycles. The first-order chi connectivity index (χ1) is 13.1. The van der Waals surface area contributed by atoms with Crippen LogP contribution in [-0.4, -0.2) is 34.7 Å². The Hall–Kier alpha value is -2.57. The maximum Gasteiger partial charge on any atom is 0.407 e. The molecule has 0 radical (unpaired) electrons. The van der Waals surface area contributed by atoms with Gasteiger partial charge < -0.3 is 20.4 Å². The van der Waals surface area contributed by atoms with E-state index in [1.54, 1.807) is 12.3 Å². The number of H-pyrrole nitrogens is 1. The van der Waals surface area contributed by atoms with E-state index in [2.05, 4.69) is 15.6 Å². The van der Waals surface area contributed by atoms with Gasteiger partial charge in [0, 0.05) is 23.6 Å². The third kappa shape index (κ3) is 5.03. The number of benzene rings is 1. The maximum absolute atomic E-state index is 13.3. The van der Waals surface area contributed by atoms with E-state index in [9.17, 15) is 14.0 Å². The van der Waals surface area contributed by atoms with Gasteiger partial charge >= 0.3 is 6.09 Å². The highest BCUT2D eigenvalue weighted by molar-refractivity contribution is 5.89. The van der Waals surface area contributed by atoms with E-state index in [1.165, 1.54) is 12.1 Å². The molecule has 1 aliphatic rings. The SMILES string of the molecule is CC(C)(C)OC(=O)NCC(C)(NC(=O)Cc1c[nH]c2cc(F)ccc12)C1CC1. The standard InChI is InChI=1S/C21H28FN3O3/c1-20(2,3)28-19(27)24-12-21(4,14-5-6-14)25-18(26)9-13-11-23-17-10-15(22)7-8-16(13)17/h7-8,10-11,14,23H,5-6,9,12H2,1-4H3,(H,24,27)(H,25,26). The monoisotopic (exact) mass is 389 g/mol.